The quantitative estimate of drug-likeness (QED) is 0.917. The average molecular weight is 289 g/mol. The van der Waals surface area contributed by atoms with E-state index < -0.39 is 0 Å². The van der Waals surface area contributed by atoms with Crippen molar-refractivity contribution in [1.29, 1.82) is 0 Å². The molecule has 0 aliphatic rings. The summed E-state index contributed by atoms with van der Waals surface area (Å²) in [6.07, 6.45) is 6.11. The number of aromatic nitrogens is 4. The van der Waals surface area contributed by atoms with Crippen LogP contribution in [0.3, 0.4) is 0 Å². The SMILES string of the molecule is CCCCn1c(C(C)(C)C)nc(-c2cnn(CC)c2)c1N. The highest BCUT2D eigenvalue weighted by Gasteiger charge is 2.25. The van der Waals surface area contributed by atoms with E-state index in [9.17, 15) is 0 Å². The molecule has 0 radical (unpaired) electrons. The second kappa shape index (κ2) is 5.92. The van der Waals surface area contributed by atoms with Crippen LogP contribution in [0.4, 0.5) is 5.82 Å². The topological polar surface area (TPSA) is 61.7 Å². The molecular formula is C16H27N5. The molecule has 0 aliphatic carbocycles. The predicted octanol–water partition coefficient (Wildman–Crippen LogP) is 3.45. The van der Waals surface area contributed by atoms with Gasteiger partial charge in [-0.15, -0.1) is 0 Å². The number of nitrogens with zero attached hydrogens (tertiary/aromatic N) is 4. The second-order valence-corrected chi connectivity index (χ2v) is 6.51. The van der Waals surface area contributed by atoms with Crippen molar-refractivity contribution in [3.05, 3.63) is 18.2 Å². The van der Waals surface area contributed by atoms with Crippen LogP contribution in [-0.2, 0) is 18.5 Å². The number of anilines is 1. The van der Waals surface area contributed by atoms with Gasteiger partial charge >= 0.3 is 0 Å². The summed E-state index contributed by atoms with van der Waals surface area (Å²) in [4.78, 5) is 4.84. The molecule has 21 heavy (non-hydrogen) atoms. The molecule has 0 atom stereocenters. The fraction of sp³-hybridized carbons (Fsp3) is 0.625. The number of nitrogens with two attached hydrogens (primary N) is 1. The highest BCUT2D eigenvalue weighted by atomic mass is 15.3. The van der Waals surface area contributed by atoms with E-state index in [4.69, 9.17) is 10.7 Å². The summed E-state index contributed by atoms with van der Waals surface area (Å²) >= 11 is 0. The van der Waals surface area contributed by atoms with Crippen LogP contribution in [-0.4, -0.2) is 19.3 Å². The van der Waals surface area contributed by atoms with Crippen LogP contribution in [0.25, 0.3) is 11.3 Å². The van der Waals surface area contributed by atoms with Crippen LogP contribution >= 0.6 is 0 Å². The Labute approximate surface area is 127 Å². The minimum absolute atomic E-state index is 0.0269. The van der Waals surface area contributed by atoms with Gasteiger partial charge in [0.15, 0.2) is 0 Å². The van der Waals surface area contributed by atoms with Crippen molar-refractivity contribution in [1.82, 2.24) is 19.3 Å². The molecule has 0 fully saturated rings. The lowest BCUT2D eigenvalue weighted by atomic mass is 9.95. The Morgan fingerprint density at radius 2 is 1.95 bits per heavy atom. The van der Waals surface area contributed by atoms with Gasteiger partial charge in [0.1, 0.15) is 17.3 Å². The first-order valence-corrected chi connectivity index (χ1v) is 7.77. The Kier molecular flexibility index (Phi) is 4.40. The van der Waals surface area contributed by atoms with Gasteiger partial charge in [0.2, 0.25) is 0 Å². The third-order valence-corrected chi connectivity index (χ3v) is 3.64. The molecule has 5 nitrogen and oxygen atoms in total. The number of hydrogen-bond donors (Lipinski definition) is 1. The van der Waals surface area contributed by atoms with E-state index in [2.05, 4.69) is 44.3 Å². The molecule has 0 aromatic carbocycles. The molecular weight excluding hydrogens is 262 g/mol. The Hall–Kier alpha value is -1.78. The largest absolute Gasteiger partial charge is 0.383 e. The molecule has 0 saturated carbocycles. The summed E-state index contributed by atoms with van der Waals surface area (Å²) in [5.74, 6) is 1.80. The molecule has 0 amide bonds. The van der Waals surface area contributed by atoms with Gasteiger partial charge in [0.25, 0.3) is 0 Å². The third-order valence-electron chi connectivity index (χ3n) is 3.64. The van der Waals surface area contributed by atoms with E-state index in [-0.39, 0.29) is 5.41 Å². The molecule has 116 valence electrons. The Morgan fingerprint density at radius 1 is 1.24 bits per heavy atom. The van der Waals surface area contributed by atoms with Gasteiger partial charge in [-0.3, -0.25) is 4.68 Å². The van der Waals surface area contributed by atoms with Gasteiger partial charge in [0, 0.05) is 30.3 Å². The van der Waals surface area contributed by atoms with Crippen LogP contribution in [0.15, 0.2) is 12.4 Å². The minimum atomic E-state index is -0.0269. The number of hydrogen-bond acceptors (Lipinski definition) is 3. The molecule has 2 aromatic heterocycles. The Morgan fingerprint density at radius 3 is 2.48 bits per heavy atom. The lowest BCUT2D eigenvalue weighted by molar-refractivity contribution is 0.491. The van der Waals surface area contributed by atoms with E-state index in [1.807, 2.05) is 17.1 Å². The zero-order chi connectivity index (χ0) is 15.6. The summed E-state index contributed by atoms with van der Waals surface area (Å²) in [7, 11) is 0. The van der Waals surface area contributed by atoms with Crippen molar-refractivity contribution in [2.45, 2.75) is 66.0 Å². The first-order chi connectivity index (χ1) is 9.88. The van der Waals surface area contributed by atoms with Gasteiger partial charge < -0.3 is 10.3 Å². The fourth-order valence-electron chi connectivity index (χ4n) is 2.45. The molecule has 2 rings (SSSR count). The van der Waals surface area contributed by atoms with Gasteiger partial charge in [-0.25, -0.2) is 4.98 Å². The van der Waals surface area contributed by atoms with Crippen molar-refractivity contribution in [2.24, 2.45) is 0 Å². The highest BCUT2D eigenvalue weighted by Crippen LogP contribution is 2.32. The number of rotatable bonds is 5. The Bertz CT molecular complexity index is 601. The lowest BCUT2D eigenvalue weighted by Gasteiger charge is -2.20. The van der Waals surface area contributed by atoms with Crippen LogP contribution in [0.1, 0.15) is 53.3 Å². The molecule has 0 spiro atoms. The lowest BCUT2D eigenvalue weighted by Crippen LogP contribution is -2.20. The summed E-state index contributed by atoms with van der Waals surface area (Å²) in [5.41, 5.74) is 8.21. The van der Waals surface area contributed by atoms with Crippen molar-refractivity contribution < 1.29 is 0 Å². The number of aryl methyl sites for hydroxylation is 1. The first kappa shape index (κ1) is 15.6. The van der Waals surface area contributed by atoms with Crippen LogP contribution < -0.4 is 5.73 Å². The monoisotopic (exact) mass is 289 g/mol. The summed E-state index contributed by atoms with van der Waals surface area (Å²) in [5, 5.41) is 4.33. The summed E-state index contributed by atoms with van der Waals surface area (Å²) < 4.78 is 4.07. The maximum absolute atomic E-state index is 6.39. The predicted molar refractivity (Wildman–Crippen MR) is 87.1 cm³/mol. The van der Waals surface area contributed by atoms with Crippen molar-refractivity contribution >= 4 is 5.82 Å². The second-order valence-electron chi connectivity index (χ2n) is 6.51. The standard InChI is InChI=1S/C16H27N5/c1-6-8-9-21-14(17)13(19-15(21)16(3,4)5)12-10-18-20(7-2)11-12/h10-11H,6-9,17H2,1-5H3. The van der Waals surface area contributed by atoms with Gasteiger partial charge in [0.05, 0.1) is 6.20 Å². The molecule has 5 heteroatoms. The first-order valence-electron chi connectivity index (χ1n) is 7.77. The van der Waals surface area contributed by atoms with Gasteiger partial charge in [-0.2, -0.15) is 5.10 Å². The normalized spacial score (nSPS) is 12.0. The Balaban J connectivity index is 2.49. The van der Waals surface area contributed by atoms with Crippen LogP contribution in [0.2, 0.25) is 0 Å². The van der Waals surface area contributed by atoms with E-state index in [0.717, 1.165) is 48.8 Å². The molecule has 0 saturated heterocycles. The highest BCUT2D eigenvalue weighted by molar-refractivity contribution is 5.70. The summed E-state index contributed by atoms with van der Waals surface area (Å²) in [6.45, 7) is 12.6. The average Bonchev–Trinajstić information content (AvgIpc) is 3.00. The third kappa shape index (κ3) is 3.12. The van der Waals surface area contributed by atoms with E-state index in [1.54, 1.807) is 0 Å². The zero-order valence-electron chi connectivity index (χ0n) is 13.8. The van der Waals surface area contributed by atoms with E-state index in [1.165, 1.54) is 0 Å². The molecule has 2 heterocycles. The van der Waals surface area contributed by atoms with Crippen molar-refractivity contribution in [2.75, 3.05) is 5.73 Å². The summed E-state index contributed by atoms with van der Waals surface area (Å²) in [6, 6.07) is 0. The van der Waals surface area contributed by atoms with Crippen molar-refractivity contribution in [3.8, 4) is 11.3 Å². The molecule has 0 bridgehead atoms. The molecule has 2 aromatic rings. The molecule has 2 N–H and O–H groups in total. The van der Waals surface area contributed by atoms with Gasteiger partial charge in [-0.05, 0) is 13.3 Å². The number of nitrogen functional groups attached to an aromatic ring is 1. The van der Waals surface area contributed by atoms with Crippen LogP contribution in [0.5, 0.6) is 0 Å². The minimum Gasteiger partial charge on any atom is -0.383 e. The van der Waals surface area contributed by atoms with E-state index in [0.29, 0.717) is 0 Å². The maximum Gasteiger partial charge on any atom is 0.131 e. The van der Waals surface area contributed by atoms with E-state index >= 15 is 0 Å². The maximum atomic E-state index is 6.39. The number of unbranched alkanes of at least 4 members (excludes halogenated alkanes) is 1. The van der Waals surface area contributed by atoms with Gasteiger partial charge in [-0.1, -0.05) is 34.1 Å². The van der Waals surface area contributed by atoms with Crippen LogP contribution in [0, 0.1) is 0 Å². The van der Waals surface area contributed by atoms with Crippen molar-refractivity contribution in [3.63, 3.8) is 0 Å². The molecule has 0 aliphatic heterocycles. The fourth-order valence-corrected chi connectivity index (χ4v) is 2.45. The zero-order valence-corrected chi connectivity index (χ0v) is 13.8. The number of imidazole rings is 1. The molecule has 0 unspecified atom stereocenters. The smallest absolute Gasteiger partial charge is 0.131 e.